The van der Waals surface area contributed by atoms with E-state index in [1.807, 2.05) is 0 Å². The Morgan fingerprint density at radius 1 is 1.14 bits per heavy atom. The standard InChI is InChI=1S/C14H24/c1-12-6-4-10-14(12)11-5-9-13-7-2-3-8-13/h2,7,12-14H,3-6,8-11H2,1H3. The van der Waals surface area contributed by atoms with Crippen molar-refractivity contribution < 1.29 is 0 Å². The summed E-state index contributed by atoms with van der Waals surface area (Å²) in [4.78, 5) is 0. The minimum absolute atomic E-state index is 0.937. The van der Waals surface area contributed by atoms with Crippen molar-refractivity contribution in [3.05, 3.63) is 12.2 Å². The lowest BCUT2D eigenvalue weighted by atomic mass is 9.90. The largest absolute Gasteiger partial charge is 0.0882 e. The van der Waals surface area contributed by atoms with Gasteiger partial charge in [-0.15, -0.1) is 0 Å². The molecule has 0 nitrogen and oxygen atoms in total. The monoisotopic (exact) mass is 192 g/mol. The SMILES string of the molecule is CC1CCCC1CCCC1C=CCC1. The summed E-state index contributed by atoms with van der Waals surface area (Å²) in [6.07, 6.45) is 16.5. The Morgan fingerprint density at radius 2 is 2.07 bits per heavy atom. The summed E-state index contributed by atoms with van der Waals surface area (Å²) < 4.78 is 0. The van der Waals surface area contributed by atoms with Crippen LogP contribution < -0.4 is 0 Å². The van der Waals surface area contributed by atoms with Gasteiger partial charge in [-0.2, -0.15) is 0 Å². The Labute approximate surface area is 88.8 Å². The first-order valence-electron chi connectivity index (χ1n) is 6.53. The van der Waals surface area contributed by atoms with Gasteiger partial charge in [-0.05, 0) is 37.0 Å². The van der Waals surface area contributed by atoms with Gasteiger partial charge in [0, 0.05) is 0 Å². The zero-order chi connectivity index (χ0) is 9.80. The molecule has 2 rings (SSSR count). The lowest BCUT2D eigenvalue weighted by Gasteiger charge is -2.15. The highest BCUT2D eigenvalue weighted by atomic mass is 14.3. The summed E-state index contributed by atoms with van der Waals surface area (Å²) in [5.74, 6) is 3.03. The van der Waals surface area contributed by atoms with E-state index in [1.54, 1.807) is 0 Å². The first-order chi connectivity index (χ1) is 6.86. The minimum atomic E-state index is 0.937. The van der Waals surface area contributed by atoms with Gasteiger partial charge in [0.25, 0.3) is 0 Å². The van der Waals surface area contributed by atoms with E-state index in [2.05, 4.69) is 19.1 Å². The van der Waals surface area contributed by atoms with Gasteiger partial charge in [0.05, 0.1) is 0 Å². The van der Waals surface area contributed by atoms with Crippen LogP contribution in [0.5, 0.6) is 0 Å². The summed E-state index contributed by atoms with van der Waals surface area (Å²) in [5.41, 5.74) is 0. The topological polar surface area (TPSA) is 0 Å². The molecule has 0 aromatic carbocycles. The molecule has 0 aromatic heterocycles. The highest BCUT2D eigenvalue weighted by molar-refractivity contribution is 4.95. The summed E-state index contributed by atoms with van der Waals surface area (Å²) in [6, 6.07) is 0. The smallest absolute Gasteiger partial charge is 0.0231 e. The molecule has 0 bridgehead atoms. The van der Waals surface area contributed by atoms with Crippen LogP contribution in [0.3, 0.4) is 0 Å². The van der Waals surface area contributed by atoms with E-state index < -0.39 is 0 Å². The van der Waals surface area contributed by atoms with Crippen molar-refractivity contribution in [1.82, 2.24) is 0 Å². The molecule has 0 heterocycles. The van der Waals surface area contributed by atoms with Crippen LogP contribution in [-0.4, -0.2) is 0 Å². The fraction of sp³-hybridized carbons (Fsp3) is 0.857. The van der Waals surface area contributed by atoms with Crippen molar-refractivity contribution in [2.75, 3.05) is 0 Å². The van der Waals surface area contributed by atoms with Crippen LogP contribution in [-0.2, 0) is 0 Å². The quantitative estimate of drug-likeness (QED) is 0.573. The number of allylic oxidation sites excluding steroid dienone is 2. The van der Waals surface area contributed by atoms with Crippen LogP contribution in [0, 0.1) is 17.8 Å². The second-order valence-corrected chi connectivity index (χ2v) is 5.36. The zero-order valence-corrected chi connectivity index (χ0v) is 9.54. The lowest BCUT2D eigenvalue weighted by Crippen LogP contribution is -2.04. The number of hydrogen-bond donors (Lipinski definition) is 0. The predicted molar refractivity (Wildman–Crippen MR) is 62.2 cm³/mol. The van der Waals surface area contributed by atoms with Crippen molar-refractivity contribution in [1.29, 1.82) is 0 Å². The summed E-state index contributed by atoms with van der Waals surface area (Å²) >= 11 is 0. The maximum Gasteiger partial charge on any atom is -0.0231 e. The molecular formula is C14H24. The molecule has 1 fully saturated rings. The minimum Gasteiger partial charge on any atom is -0.0882 e. The van der Waals surface area contributed by atoms with Gasteiger partial charge in [0.1, 0.15) is 0 Å². The molecule has 80 valence electrons. The summed E-state index contributed by atoms with van der Waals surface area (Å²) in [5, 5.41) is 0. The normalized spacial score (nSPS) is 36.8. The van der Waals surface area contributed by atoms with E-state index in [4.69, 9.17) is 0 Å². The van der Waals surface area contributed by atoms with Gasteiger partial charge in [0.15, 0.2) is 0 Å². The van der Waals surface area contributed by atoms with Gasteiger partial charge >= 0.3 is 0 Å². The molecule has 14 heavy (non-hydrogen) atoms. The van der Waals surface area contributed by atoms with Gasteiger partial charge < -0.3 is 0 Å². The molecule has 0 heteroatoms. The van der Waals surface area contributed by atoms with Crippen molar-refractivity contribution in [3.63, 3.8) is 0 Å². The van der Waals surface area contributed by atoms with Crippen molar-refractivity contribution in [3.8, 4) is 0 Å². The third kappa shape index (κ3) is 2.62. The molecule has 3 atom stereocenters. The average molecular weight is 192 g/mol. The van der Waals surface area contributed by atoms with E-state index in [9.17, 15) is 0 Å². The molecule has 0 aliphatic heterocycles. The zero-order valence-electron chi connectivity index (χ0n) is 9.54. The van der Waals surface area contributed by atoms with Crippen LogP contribution in [0.2, 0.25) is 0 Å². The second-order valence-electron chi connectivity index (χ2n) is 5.36. The molecule has 2 aliphatic carbocycles. The van der Waals surface area contributed by atoms with E-state index in [-0.39, 0.29) is 0 Å². The molecule has 0 spiro atoms. The van der Waals surface area contributed by atoms with Crippen molar-refractivity contribution in [2.45, 2.75) is 58.3 Å². The molecule has 0 radical (unpaired) electrons. The molecule has 0 aromatic rings. The first kappa shape index (κ1) is 10.3. The number of rotatable bonds is 4. The van der Waals surface area contributed by atoms with Gasteiger partial charge in [-0.1, -0.05) is 51.2 Å². The Bertz CT molecular complexity index is 192. The highest BCUT2D eigenvalue weighted by Crippen LogP contribution is 2.35. The second kappa shape index (κ2) is 5.00. The Morgan fingerprint density at radius 3 is 2.71 bits per heavy atom. The van der Waals surface area contributed by atoms with E-state index in [0.717, 1.165) is 17.8 Å². The molecule has 0 N–H and O–H groups in total. The maximum absolute atomic E-state index is 2.45. The first-order valence-corrected chi connectivity index (χ1v) is 6.53. The van der Waals surface area contributed by atoms with E-state index in [1.165, 1.54) is 51.4 Å². The van der Waals surface area contributed by atoms with Crippen LogP contribution in [0.1, 0.15) is 58.3 Å². The van der Waals surface area contributed by atoms with Crippen LogP contribution in [0.4, 0.5) is 0 Å². The molecule has 1 saturated carbocycles. The fourth-order valence-corrected chi connectivity index (χ4v) is 3.23. The van der Waals surface area contributed by atoms with Crippen molar-refractivity contribution >= 4 is 0 Å². The van der Waals surface area contributed by atoms with Crippen LogP contribution in [0.15, 0.2) is 12.2 Å². The molecular weight excluding hydrogens is 168 g/mol. The van der Waals surface area contributed by atoms with Gasteiger partial charge in [0.2, 0.25) is 0 Å². The highest BCUT2D eigenvalue weighted by Gasteiger charge is 2.22. The fourth-order valence-electron chi connectivity index (χ4n) is 3.23. The molecule has 3 unspecified atom stereocenters. The predicted octanol–water partition coefficient (Wildman–Crippen LogP) is 4.56. The Balaban J connectivity index is 1.60. The Hall–Kier alpha value is -0.260. The Kier molecular flexibility index (Phi) is 3.67. The van der Waals surface area contributed by atoms with Crippen LogP contribution in [0.25, 0.3) is 0 Å². The molecule has 0 amide bonds. The average Bonchev–Trinajstić information content (AvgIpc) is 2.78. The van der Waals surface area contributed by atoms with Crippen LogP contribution >= 0.6 is 0 Å². The maximum atomic E-state index is 2.45. The summed E-state index contributed by atoms with van der Waals surface area (Å²) in [6.45, 7) is 2.45. The summed E-state index contributed by atoms with van der Waals surface area (Å²) in [7, 11) is 0. The van der Waals surface area contributed by atoms with Crippen molar-refractivity contribution in [2.24, 2.45) is 17.8 Å². The molecule has 2 aliphatic rings. The van der Waals surface area contributed by atoms with E-state index in [0.29, 0.717) is 0 Å². The lowest BCUT2D eigenvalue weighted by molar-refractivity contribution is 0.366. The van der Waals surface area contributed by atoms with Gasteiger partial charge in [-0.3, -0.25) is 0 Å². The van der Waals surface area contributed by atoms with E-state index >= 15 is 0 Å². The van der Waals surface area contributed by atoms with Gasteiger partial charge in [-0.25, -0.2) is 0 Å². The number of hydrogen-bond acceptors (Lipinski definition) is 0. The third-order valence-electron chi connectivity index (χ3n) is 4.30. The third-order valence-corrected chi connectivity index (χ3v) is 4.30. The molecule has 0 saturated heterocycles.